The molecule has 0 bridgehead atoms. The molecule has 0 unspecified atom stereocenters. The lowest BCUT2D eigenvalue weighted by Crippen LogP contribution is -2.31. The lowest BCUT2D eigenvalue weighted by molar-refractivity contribution is -0.118. The standard InChI is InChI=1S/C17H17N5O3S/c1-12-6-8-13(9-7-12)10-16(23)19-26(24,25)15-5-3-4-14(11-15)17-18-20-21-22(17)2/h3-9,11H,10H2,1-2H3,(H,19,23). The molecule has 9 heteroatoms. The summed E-state index contributed by atoms with van der Waals surface area (Å²) < 4.78 is 28.5. The van der Waals surface area contributed by atoms with E-state index in [9.17, 15) is 13.2 Å². The topological polar surface area (TPSA) is 107 Å². The zero-order chi connectivity index (χ0) is 18.7. The van der Waals surface area contributed by atoms with Crippen LogP contribution < -0.4 is 4.72 Å². The maximum Gasteiger partial charge on any atom is 0.264 e. The SMILES string of the molecule is Cc1ccc(CC(=O)NS(=O)(=O)c2cccc(-c3nnnn3C)c2)cc1. The highest BCUT2D eigenvalue weighted by atomic mass is 32.2. The summed E-state index contributed by atoms with van der Waals surface area (Å²) in [6, 6.07) is 13.4. The predicted molar refractivity (Wildman–Crippen MR) is 94.4 cm³/mol. The van der Waals surface area contributed by atoms with Gasteiger partial charge in [0, 0.05) is 12.6 Å². The van der Waals surface area contributed by atoms with Gasteiger partial charge in [0.1, 0.15) is 0 Å². The molecule has 1 heterocycles. The Morgan fingerprint density at radius 1 is 1.15 bits per heavy atom. The monoisotopic (exact) mass is 371 g/mol. The fourth-order valence-corrected chi connectivity index (χ4v) is 3.44. The molecule has 3 aromatic rings. The zero-order valence-corrected chi connectivity index (χ0v) is 15.1. The minimum atomic E-state index is -3.99. The van der Waals surface area contributed by atoms with Gasteiger partial charge in [-0.15, -0.1) is 5.10 Å². The Kier molecular flexibility index (Phi) is 4.81. The first-order valence-electron chi connectivity index (χ1n) is 7.79. The molecule has 0 aliphatic carbocycles. The van der Waals surface area contributed by atoms with Crippen LogP contribution in [0.4, 0.5) is 0 Å². The first-order valence-corrected chi connectivity index (χ1v) is 9.27. The molecule has 2 aromatic carbocycles. The third-order valence-corrected chi connectivity index (χ3v) is 5.13. The first kappa shape index (κ1) is 17.7. The molecule has 0 saturated heterocycles. The van der Waals surface area contributed by atoms with E-state index in [1.165, 1.54) is 16.8 Å². The Morgan fingerprint density at radius 2 is 1.88 bits per heavy atom. The molecule has 0 aliphatic rings. The van der Waals surface area contributed by atoms with Crippen molar-refractivity contribution in [2.75, 3.05) is 0 Å². The van der Waals surface area contributed by atoms with E-state index >= 15 is 0 Å². The van der Waals surface area contributed by atoms with Gasteiger partial charge >= 0.3 is 0 Å². The lowest BCUT2D eigenvalue weighted by atomic mass is 10.1. The average Bonchev–Trinajstić information content (AvgIpc) is 3.03. The largest absolute Gasteiger partial charge is 0.274 e. The summed E-state index contributed by atoms with van der Waals surface area (Å²) in [5.74, 6) is -0.174. The number of hydrogen-bond donors (Lipinski definition) is 1. The van der Waals surface area contributed by atoms with Gasteiger partial charge in [-0.2, -0.15) is 0 Å². The van der Waals surface area contributed by atoms with E-state index in [4.69, 9.17) is 0 Å². The Bertz CT molecular complexity index is 1040. The van der Waals surface area contributed by atoms with Gasteiger partial charge in [0.05, 0.1) is 11.3 Å². The van der Waals surface area contributed by atoms with Crippen LogP contribution in [0, 0.1) is 6.92 Å². The summed E-state index contributed by atoms with van der Waals surface area (Å²) in [6.45, 7) is 1.94. The summed E-state index contributed by atoms with van der Waals surface area (Å²) in [5.41, 5.74) is 2.34. The minimum absolute atomic E-state index is 0.0214. The molecular formula is C17H17N5O3S. The molecule has 0 saturated carbocycles. The van der Waals surface area contributed by atoms with Crippen LogP contribution in [-0.2, 0) is 28.3 Å². The van der Waals surface area contributed by atoms with E-state index in [1.807, 2.05) is 19.1 Å². The molecule has 3 rings (SSSR count). The molecular weight excluding hydrogens is 354 g/mol. The van der Waals surface area contributed by atoms with Crippen LogP contribution in [-0.4, -0.2) is 34.5 Å². The van der Waals surface area contributed by atoms with Gasteiger partial charge in [0.25, 0.3) is 10.0 Å². The maximum absolute atomic E-state index is 12.5. The molecule has 0 atom stereocenters. The van der Waals surface area contributed by atoms with Crippen LogP contribution in [0.5, 0.6) is 0 Å². The number of amides is 1. The normalized spacial score (nSPS) is 11.3. The number of carbonyl (C=O) groups is 1. The van der Waals surface area contributed by atoms with E-state index in [-0.39, 0.29) is 11.3 Å². The minimum Gasteiger partial charge on any atom is -0.274 e. The number of nitrogens with zero attached hydrogens (tertiary/aromatic N) is 4. The van der Waals surface area contributed by atoms with E-state index in [2.05, 4.69) is 20.2 Å². The molecule has 0 aliphatic heterocycles. The van der Waals surface area contributed by atoms with Crippen LogP contribution in [0.15, 0.2) is 53.4 Å². The average molecular weight is 371 g/mol. The fourth-order valence-electron chi connectivity index (χ4n) is 2.41. The molecule has 26 heavy (non-hydrogen) atoms. The van der Waals surface area contributed by atoms with Crippen molar-refractivity contribution in [3.63, 3.8) is 0 Å². The summed E-state index contributed by atoms with van der Waals surface area (Å²) in [4.78, 5) is 12.1. The molecule has 1 N–H and O–H groups in total. The van der Waals surface area contributed by atoms with Crippen LogP contribution in [0.25, 0.3) is 11.4 Å². The highest BCUT2D eigenvalue weighted by Crippen LogP contribution is 2.19. The number of sulfonamides is 1. The highest BCUT2D eigenvalue weighted by Gasteiger charge is 2.19. The summed E-state index contributed by atoms with van der Waals surface area (Å²) >= 11 is 0. The number of aromatic nitrogens is 4. The fraction of sp³-hybridized carbons (Fsp3) is 0.176. The third-order valence-electron chi connectivity index (χ3n) is 3.76. The molecule has 0 fully saturated rings. The molecule has 134 valence electrons. The van der Waals surface area contributed by atoms with Gasteiger partial charge in [0.15, 0.2) is 5.82 Å². The van der Waals surface area contributed by atoms with Crippen molar-refractivity contribution in [3.8, 4) is 11.4 Å². The van der Waals surface area contributed by atoms with E-state index in [1.54, 1.807) is 31.3 Å². The van der Waals surface area contributed by atoms with Crippen molar-refractivity contribution in [2.45, 2.75) is 18.2 Å². The number of tetrazole rings is 1. The third kappa shape index (κ3) is 3.94. The van der Waals surface area contributed by atoms with E-state index < -0.39 is 15.9 Å². The Labute approximate surface area is 150 Å². The quantitative estimate of drug-likeness (QED) is 0.723. The molecule has 1 amide bonds. The molecule has 8 nitrogen and oxygen atoms in total. The van der Waals surface area contributed by atoms with Gasteiger partial charge in [-0.1, -0.05) is 42.0 Å². The van der Waals surface area contributed by atoms with Crippen LogP contribution >= 0.6 is 0 Å². The second kappa shape index (κ2) is 7.04. The van der Waals surface area contributed by atoms with E-state index in [0.29, 0.717) is 11.4 Å². The molecule has 0 radical (unpaired) electrons. The number of nitrogens with one attached hydrogen (secondary N) is 1. The van der Waals surface area contributed by atoms with Gasteiger partial charge < -0.3 is 0 Å². The Balaban J connectivity index is 1.78. The van der Waals surface area contributed by atoms with Gasteiger partial charge in [0.2, 0.25) is 5.91 Å². The van der Waals surface area contributed by atoms with E-state index in [0.717, 1.165) is 11.1 Å². The number of benzene rings is 2. The first-order chi connectivity index (χ1) is 12.3. The van der Waals surface area contributed by atoms with Crippen molar-refractivity contribution >= 4 is 15.9 Å². The Hall–Kier alpha value is -3.07. The molecule has 0 spiro atoms. The number of hydrogen-bond acceptors (Lipinski definition) is 6. The van der Waals surface area contributed by atoms with Gasteiger partial charge in [-0.25, -0.2) is 17.8 Å². The van der Waals surface area contributed by atoms with Gasteiger partial charge in [-0.05, 0) is 35.0 Å². The Morgan fingerprint density at radius 3 is 2.54 bits per heavy atom. The van der Waals surface area contributed by atoms with Gasteiger partial charge in [-0.3, -0.25) is 4.79 Å². The lowest BCUT2D eigenvalue weighted by Gasteiger charge is -2.08. The smallest absolute Gasteiger partial charge is 0.264 e. The molecule has 1 aromatic heterocycles. The highest BCUT2D eigenvalue weighted by molar-refractivity contribution is 7.90. The maximum atomic E-state index is 12.5. The van der Waals surface area contributed by atoms with Crippen molar-refractivity contribution in [1.29, 1.82) is 0 Å². The number of aryl methyl sites for hydroxylation is 2. The van der Waals surface area contributed by atoms with Crippen molar-refractivity contribution < 1.29 is 13.2 Å². The second-order valence-electron chi connectivity index (χ2n) is 5.84. The zero-order valence-electron chi connectivity index (χ0n) is 14.2. The van der Waals surface area contributed by atoms with Crippen molar-refractivity contribution in [3.05, 3.63) is 59.7 Å². The number of carbonyl (C=O) groups excluding carboxylic acids is 1. The number of rotatable bonds is 5. The summed E-state index contributed by atoms with van der Waals surface area (Å²) in [5, 5.41) is 11.1. The van der Waals surface area contributed by atoms with Crippen LogP contribution in [0.3, 0.4) is 0 Å². The van der Waals surface area contributed by atoms with Crippen molar-refractivity contribution in [2.24, 2.45) is 7.05 Å². The van der Waals surface area contributed by atoms with Crippen LogP contribution in [0.1, 0.15) is 11.1 Å². The van der Waals surface area contributed by atoms with Crippen molar-refractivity contribution in [1.82, 2.24) is 24.9 Å². The van der Waals surface area contributed by atoms with Crippen LogP contribution in [0.2, 0.25) is 0 Å². The predicted octanol–water partition coefficient (Wildman–Crippen LogP) is 1.23. The summed E-state index contributed by atoms with van der Waals surface area (Å²) in [7, 11) is -2.34. The summed E-state index contributed by atoms with van der Waals surface area (Å²) in [6.07, 6.45) is -0.0214. The second-order valence-corrected chi connectivity index (χ2v) is 7.53.